The monoisotopic (exact) mass is 481 g/mol. The van der Waals surface area contributed by atoms with Gasteiger partial charge in [-0.2, -0.15) is 0 Å². The van der Waals surface area contributed by atoms with Gasteiger partial charge in [-0.25, -0.2) is 13.8 Å². The van der Waals surface area contributed by atoms with E-state index in [0.29, 0.717) is 22.3 Å². The average molecular weight is 482 g/mol. The van der Waals surface area contributed by atoms with Crippen LogP contribution in [0.1, 0.15) is 12.0 Å². The topological polar surface area (TPSA) is 71.0 Å². The molecule has 1 aliphatic heterocycles. The standard InChI is InChI=1S/C25H21F2N3O3S/c1-33-21-12-2-16(3-13-21)15-30-24(32)22(14-23(31)28-19-8-4-17(26)5-9-19)34-25(30)29-20-10-6-18(27)7-11-20/h2-13,22H,14-15H2,1H3,(H,28,31). The Balaban J connectivity index is 1.53. The number of rotatable bonds is 7. The number of benzene rings is 3. The van der Waals surface area contributed by atoms with Crippen LogP contribution in [-0.4, -0.2) is 34.2 Å². The molecule has 3 aromatic carbocycles. The molecular weight excluding hydrogens is 460 g/mol. The molecule has 174 valence electrons. The molecule has 0 saturated carbocycles. The smallest absolute Gasteiger partial charge is 0.242 e. The van der Waals surface area contributed by atoms with Gasteiger partial charge in [0, 0.05) is 12.1 Å². The second kappa shape index (κ2) is 10.5. The fraction of sp³-hybridized carbons (Fsp3) is 0.160. The van der Waals surface area contributed by atoms with Gasteiger partial charge in [-0.05, 0) is 66.2 Å². The number of halogens is 2. The Morgan fingerprint density at radius 2 is 1.62 bits per heavy atom. The predicted molar refractivity (Wildman–Crippen MR) is 128 cm³/mol. The van der Waals surface area contributed by atoms with Gasteiger partial charge in [0.2, 0.25) is 11.8 Å². The number of aliphatic imine (C=N–C) groups is 1. The van der Waals surface area contributed by atoms with Crippen LogP contribution in [0, 0.1) is 11.6 Å². The summed E-state index contributed by atoms with van der Waals surface area (Å²) in [5.41, 5.74) is 1.79. The van der Waals surface area contributed by atoms with Gasteiger partial charge in [0.25, 0.3) is 0 Å². The van der Waals surface area contributed by atoms with E-state index in [2.05, 4.69) is 10.3 Å². The molecule has 1 atom stereocenters. The number of nitrogens with one attached hydrogen (secondary N) is 1. The van der Waals surface area contributed by atoms with E-state index < -0.39 is 11.1 Å². The Labute approximate surface area is 199 Å². The molecule has 34 heavy (non-hydrogen) atoms. The molecule has 4 rings (SSSR count). The molecule has 1 aliphatic rings. The van der Waals surface area contributed by atoms with Crippen LogP contribution in [0.4, 0.5) is 20.2 Å². The van der Waals surface area contributed by atoms with Crippen molar-refractivity contribution in [2.24, 2.45) is 4.99 Å². The van der Waals surface area contributed by atoms with Gasteiger partial charge in [0.05, 0.1) is 19.3 Å². The Morgan fingerprint density at radius 3 is 2.24 bits per heavy atom. The van der Waals surface area contributed by atoms with Crippen molar-refractivity contribution >= 4 is 40.1 Å². The summed E-state index contributed by atoms with van der Waals surface area (Å²) in [5, 5.41) is 2.42. The largest absolute Gasteiger partial charge is 0.497 e. The molecule has 1 unspecified atom stereocenters. The van der Waals surface area contributed by atoms with Crippen molar-refractivity contribution in [2.45, 2.75) is 18.2 Å². The molecule has 1 N–H and O–H groups in total. The molecule has 1 fully saturated rings. The highest BCUT2D eigenvalue weighted by Gasteiger charge is 2.39. The van der Waals surface area contributed by atoms with E-state index in [9.17, 15) is 18.4 Å². The number of amidine groups is 1. The van der Waals surface area contributed by atoms with Crippen LogP contribution >= 0.6 is 11.8 Å². The molecule has 0 aliphatic carbocycles. The number of methoxy groups -OCH3 is 1. The van der Waals surface area contributed by atoms with Crippen LogP contribution < -0.4 is 10.1 Å². The van der Waals surface area contributed by atoms with Crippen molar-refractivity contribution in [2.75, 3.05) is 12.4 Å². The molecule has 1 saturated heterocycles. The zero-order valence-electron chi connectivity index (χ0n) is 18.2. The molecule has 0 aromatic heterocycles. The SMILES string of the molecule is COc1ccc(CN2C(=O)C(CC(=O)Nc3ccc(F)cc3)SC2=Nc2ccc(F)cc2)cc1. The van der Waals surface area contributed by atoms with Gasteiger partial charge in [0.1, 0.15) is 22.6 Å². The van der Waals surface area contributed by atoms with Gasteiger partial charge in [0.15, 0.2) is 5.17 Å². The fourth-order valence-electron chi connectivity index (χ4n) is 3.32. The first-order valence-electron chi connectivity index (χ1n) is 10.4. The van der Waals surface area contributed by atoms with Crippen molar-refractivity contribution < 1.29 is 23.1 Å². The number of hydrogen-bond acceptors (Lipinski definition) is 5. The van der Waals surface area contributed by atoms with Crippen molar-refractivity contribution in [1.29, 1.82) is 0 Å². The van der Waals surface area contributed by atoms with E-state index in [0.717, 1.165) is 5.56 Å². The first-order valence-corrected chi connectivity index (χ1v) is 11.3. The number of carbonyl (C=O) groups excluding carboxylic acids is 2. The Hall–Kier alpha value is -3.72. The molecule has 3 aromatic rings. The number of ether oxygens (including phenoxy) is 1. The first kappa shape index (κ1) is 23.4. The lowest BCUT2D eigenvalue weighted by molar-refractivity contribution is -0.128. The summed E-state index contributed by atoms with van der Waals surface area (Å²) in [6, 6.07) is 18.3. The number of carbonyl (C=O) groups is 2. The Morgan fingerprint density at radius 1 is 1.00 bits per heavy atom. The maximum atomic E-state index is 13.3. The van der Waals surface area contributed by atoms with E-state index in [-0.39, 0.29) is 30.6 Å². The zero-order valence-corrected chi connectivity index (χ0v) is 19.0. The van der Waals surface area contributed by atoms with Crippen LogP contribution in [0.5, 0.6) is 5.75 Å². The minimum atomic E-state index is -0.683. The van der Waals surface area contributed by atoms with Crippen molar-refractivity contribution in [3.63, 3.8) is 0 Å². The summed E-state index contributed by atoms with van der Waals surface area (Å²) in [7, 11) is 1.57. The highest BCUT2D eigenvalue weighted by atomic mass is 32.2. The van der Waals surface area contributed by atoms with Gasteiger partial charge < -0.3 is 10.1 Å². The molecular formula is C25H21F2N3O3S. The van der Waals surface area contributed by atoms with Gasteiger partial charge in [-0.3, -0.25) is 14.5 Å². The van der Waals surface area contributed by atoms with Crippen LogP contribution in [0.15, 0.2) is 77.8 Å². The maximum absolute atomic E-state index is 13.3. The molecule has 0 spiro atoms. The molecule has 2 amide bonds. The Bertz CT molecular complexity index is 1200. The molecule has 0 bridgehead atoms. The summed E-state index contributed by atoms with van der Waals surface area (Å²) in [4.78, 5) is 31.8. The highest BCUT2D eigenvalue weighted by molar-refractivity contribution is 8.15. The molecule has 0 radical (unpaired) electrons. The van der Waals surface area contributed by atoms with Crippen molar-refractivity contribution in [3.05, 3.63) is 90.0 Å². The summed E-state index contributed by atoms with van der Waals surface area (Å²) in [6.45, 7) is 0.256. The quantitative estimate of drug-likeness (QED) is 0.508. The third kappa shape index (κ3) is 5.79. The van der Waals surface area contributed by atoms with Crippen LogP contribution in [-0.2, 0) is 16.1 Å². The number of nitrogens with zero attached hydrogens (tertiary/aromatic N) is 2. The lowest BCUT2D eigenvalue weighted by Crippen LogP contribution is -2.33. The highest BCUT2D eigenvalue weighted by Crippen LogP contribution is 2.33. The van der Waals surface area contributed by atoms with Gasteiger partial charge >= 0.3 is 0 Å². The normalized spacial score (nSPS) is 16.7. The molecule has 9 heteroatoms. The number of amides is 2. The van der Waals surface area contributed by atoms with E-state index in [4.69, 9.17) is 4.74 Å². The van der Waals surface area contributed by atoms with E-state index >= 15 is 0 Å². The summed E-state index contributed by atoms with van der Waals surface area (Å²) in [5.74, 6) is -0.720. The second-order valence-electron chi connectivity index (χ2n) is 7.51. The number of thioether (sulfide) groups is 1. The third-order valence-electron chi connectivity index (χ3n) is 5.07. The summed E-state index contributed by atoms with van der Waals surface area (Å²) < 4.78 is 31.6. The fourth-order valence-corrected chi connectivity index (χ4v) is 4.48. The van der Waals surface area contributed by atoms with Crippen LogP contribution in [0.2, 0.25) is 0 Å². The lowest BCUT2D eigenvalue weighted by atomic mass is 10.2. The van der Waals surface area contributed by atoms with Crippen molar-refractivity contribution in [1.82, 2.24) is 4.90 Å². The van der Waals surface area contributed by atoms with Crippen LogP contribution in [0.25, 0.3) is 0 Å². The van der Waals surface area contributed by atoms with Gasteiger partial charge in [-0.1, -0.05) is 23.9 Å². The number of hydrogen-bond donors (Lipinski definition) is 1. The number of anilines is 1. The van der Waals surface area contributed by atoms with E-state index in [1.54, 1.807) is 19.2 Å². The third-order valence-corrected chi connectivity index (χ3v) is 6.25. The first-order chi connectivity index (χ1) is 16.4. The zero-order chi connectivity index (χ0) is 24.1. The second-order valence-corrected chi connectivity index (χ2v) is 8.68. The average Bonchev–Trinajstić information content (AvgIpc) is 3.11. The summed E-state index contributed by atoms with van der Waals surface area (Å²) >= 11 is 1.18. The minimum Gasteiger partial charge on any atom is -0.497 e. The lowest BCUT2D eigenvalue weighted by Gasteiger charge is -2.17. The van der Waals surface area contributed by atoms with E-state index in [1.807, 2.05) is 12.1 Å². The molecule has 6 nitrogen and oxygen atoms in total. The maximum Gasteiger partial charge on any atom is 0.242 e. The minimum absolute atomic E-state index is 0.0809. The van der Waals surface area contributed by atoms with Crippen molar-refractivity contribution in [3.8, 4) is 5.75 Å². The predicted octanol–water partition coefficient (Wildman–Crippen LogP) is 5.13. The summed E-state index contributed by atoms with van der Waals surface area (Å²) in [6.07, 6.45) is -0.0809. The van der Waals surface area contributed by atoms with Crippen LogP contribution in [0.3, 0.4) is 0 Å². The van der Waals surface area contributed by atoms with E-state index in [1.165, 1.54) is 65.2 Å². The Kier molecular flexibility index (Phi) is 7.22. The molecule has 1 heterocycles. The van der Waals surface area contributed by atoms with Gasteiger partial charge in [-0.15, -0.1) is 0 Å².